The van der Waals surface area contributed by atoms with Gasteiger partial charge in [0.25, 0.3) is 0 Å². The minimum absolute atomic E-state index is 0. The second kappa shape index (κ2) is 11.1. The molecule has 0 spiro atoms. The van der Waals surface area contributed by atoms with E-state index in [0.29, 0.717) is 18.5 Å². The average molecular weight is 456 g/mol. The van der Waals surface area contributed by atoms with E-state index < -0.39 is 0 Å². The highest BCUT2D eigenvalue weighted by Crippen LogP contribution is 2.09. The highest BCUT2D eigenvalue weighted by molar-refractivity contribution is 14.0. The van der Waals surface area contributed by atoms with Crippen LogP contribution in [0.3, 0.4) is 0 Å². The second-order valence-electron chi connectivity index (χ2n) is 6.40. The number of benzene rings is 1. The molecule has 2 N–H and O–H groups in total. The summed E-state index contributed by atoms with van der Waals surface area (Å²) in [6.07, 6.45) is 4.06. The average Bonchev–Trinajstić information content (AvgIpc) is 3.06. The van der Waals surface area contributed by atoms with E-state index in [1.807, 2.05) is 34.9 Å². The SMILES string of the molecule is CN=C(NCc1nncn1-c1ccccc1)NC(C)CCC(C)C.I. The minimum atomic E-state index is 0. The lowest BCUT2D eigenvalue weighted by atomic mass is 10.0. The first-order chi connectivity index (χ1) is 11.6. The number of aliphatic imine (C=N–C) groups is 1. The predicted octanol–water partition coefficient (Wildman–Crippen LogP) is 3.38. The molecule has 1 aromatic heterocycles. The van der Waals surface area contributed by atoms with E-state index in [2.05, 4.69) is 46.6 Å². The van der Waals surface area contributed by atoms with Gasteiger partial charge in [0.2, 0.25) is 0 Å². The molecule has 25 heavy (non-hydrogen) atoms. The van der Waals surface area contributed by atoms with Gasteiger partial charge >= 0.3 is 0 Å². The van der Waals surface area contributed by atoms with E-state index in [-0.39, 0.29) is 24.0 Å². The van der Waals surface area contributed by atoms with E-state index >= 15 is 0 Å². The molecule has 6 nitrogen and oxygen atoms in total. The van der Waals surface area contributed by atoms with Gasteiger partial charge < -0.3 is 10.6 Å². The molecule has 2 aromatic rings. The Morgan fingerprint density at radius 1 is 1.16 bits per heavy atom. The number of hydrogen-bond acceptors (Lipinski definition) is 3. The molecule has 0 saturated heterocycles. The molecule has 2 rings (SSSR count). The summed E-state index contributed by atoms with van der Waals surface area (Å²) < 4.78 is 1.97. The summed E-state index contributed by atoms with van der Waals surface area (Å²) in [6, 6.07) is 10.5. The van der Waals surface area contributed by atoms with Crippen molar-refractivity contribution in [1.29, 1.82) is 0 Å². The van der Waals surface area contributed by atoms with Crippen molar-refractivity contribution in [1.82, 2.24) is 25.4 Å². The number of aromatic nitrogens is 3. The molecule has 7 heteroatoms. The van der Waals surface area contributed by atoms with E-state index in [1.165, 1.54) is 6.42 Å². The smallest absolute Gasteiger partial charge is 0.191 e. The number of para-hydroxylation sites is 1. The molecule has 1 unspecified atom stereocenters. The van der Waals surface area contributed by atoms with Gasteiger partial charge in [-0.05, 0) is 37.8 Å². The molecule has 0 aliphatic carbocycles. The quantitative estimate of drug-likeness (QED) is 0.381. The molecule has 1 aromatic carbocycles. The highest BCUT2D eigenvalue weighted by atomic mass is 127. The van der Waals surface area contributed by atoms with Gasteiger partial charge in [-0.1, -0.05) is 32.0 Å². The molecule has 138 valence electrons. The molecular formula is C18H29IN6. The summed E-state index contributed by atoms with van der Waals surface area (Å²) in [7, 11) is 1.78. The normalized spacial score (nSPS) is 12.6. The molecule has 0 aliphatic heterocycles. The Hall–Kier alpha value is -1.64. The van der Waals surface area contributed by atoms with Crippen LogP contribution in [-0.2, 0) is 6.54 Å². The largest absolute Gasteiger partial charge is 0.354 e. The Bertz CT molecular complexity index is 638. The van der Waals surface area contributed by atoms with E-state index in [4.69, 9.17) is 0 Å². The Morgan fingerprint density at radius 2 is 1.88 bits per heavy atom. The van der Waals surface area contributed by atoms with Crippen LogP contribution in [-0.4, -0.2) is 33.8 Å². The van der Waals surface area contributed by atoms with Crippen molar-refractivity contribution in [2.45, 2.75) is 46.2 Å². The summed E-state index contributed by atoms with van der Waals surface area (Å²) in [5.74, 6) is 2.35. The molecule has 0 aliphatic rings. The zero-order valence-electron chi connectivity index (χ0n) is 15.4. The van der Waals surface area contributed by atoms with Crippen molar-refractivity contribution in [2.75, 3.05) is 7.05 Å². The van der Waals surface area contributed by atoms with Gasteiger partial charge in [-0.25, -0.2) is 0 Å². The summed E-state index contributed by atoms with van der Waals surface area (Å²) in [5.41, 5.74) is 1.05. The summed E-state index contributed by atoms with van der Waals surface area (Å²) in [4.78, 5) is 4.29. The van der Waals surface area contributed by atoms with E-state index in [0.717, 1.165) is 23.9 Å². The number of rotatable bonds is 7. The van der Waals surface area contributed by atoms with Crippen LogP contribution in [0, 0.1) is 5.92 Å². The first-order valence-electron chi connectivity index (χ1n) is 8.51. The molecule has 1 atom stereocenters. The van der Waals surface area contributed by atoms with Crippen LogP contribution >= 0.6 is 24.0 Å². The van der Waals surface area contributed by atoms with Gasteiger partial charge in [0.05, 0.1) is 6.54 Å². The van der Waals surface area contributed by atoms with Gasteiger partial charge in [0, 0.05) is 18.8 Å². The summed E-state index contributed by atoms with van der Waals surface area (Å²) >= 11 is 0. The third kappa shape index (κ3) is 7.01. The molecule has 0 bridgehead atoms. The number of nitrogens with one attached hydrogen (secondary N) is 2. The number of halogens is 1. The lowest BCUT2D eigenvalue weighted by molar-refractivity contribution is 0.488. The molecule has 0 saturated carbocycles. The number of hydrogen-bond donors (Lipinski definition) is 2. The zero-order valence-corrected chi connectivity index (χ0v) is 17.8. The number of nitrogens with zero attached hydrogens (tertiary/aromatic N) is 4. The standard InChI is InChI=1S/C18H28N6.HI/c1-14(2)10-11-15(3)22-18(19-4)20-12-17-23-21-13-24(17)16-8-6-5-7-9-16;/h5-9,13-15H,10-12H2,1-4H3,(H2,19,20,22);1H. The fourth-order valence-corrected chi connectivity index (χ4v) is 2.43. The van der Waals surface area contributed by atoms with Gasteiger partial charge in [-0.2, -0.15) is 0 Å². The second-order valence-corrected chi connectivity index (χ2v) is 6.40. The fraction of sp³-hybridized carbons (Fsp3) is 0.500. The van der Waals surface area contributed by atoms with Crippen LogP contribution < -0.4 is 10.6 Å². The van der Waals surface area contributed by atoms with Gasteiger partial charge in [0.1, 0.15) is 6.33 Å². The van der Waals surface area contributed by atoms with Crippen molar-refractivity contribution in [3.8, 4) is 5.69 Å². The van der Waals surface area contributed by atoms with Crippen LogP contribution in [0.25, 0.3) is 5.69 Å². The predicted molar refractivity (Wildman–Crippen MR) is 114 cm³/mol. The Morgan fingerprint density at radius 3 is 2.52 bits per heavy atom. The van der Waals surface area contributed by atoms with Gasteiger partial charge in [0.15, 0.2) is 11.8 Å². The molecule has 0 fully saturated rings. The molecular weight excluding hydrogens is 427 g/mol. The number of guanidine groups is 1. The summed E-state index contributed by atoms with van der Waals surface area (Å²) in [6.45, 7) is 7.24. The summed E-state index contributed by atoms with van der Waals surface area (Å²) in [5, 5.41) is 15.0. The maximum atomic E-state index is 4.29. The molecule has 1 heterocycles. The third-order valence-electron chi connectivity index (χ3n) is 3.85. The zero-order chi connectivity index (χ0) is 17.4. The van der Waals surface area contributed by atoms with Crippen LogP contribution in [0.4, 0.5) is 0 Å². The van der Waals surface area contributed by atoms with Crippen LogP contribution in [0.1, 0.15) is 39.4 Å². The first kappa shape index (κ1) is 21.4. The first-order valence-corrected chi connectivity index (χ1v) is 8.51. The minimum Gasteiger partial charge on any atom is -0.354 e. The van der Waals surface area contributed by atoms with Crippen LogP contribution in [0.15, 0.2) is 41.7 Å². The molecule has 0 amide bonds. The van der Waals surface area contributed by atoms with E-state index in [1.54, 1.807) is 13.4 Å². The van der Waals surface area contributed by atoms with Gasteiger partial charge in [-0.15, -0.1) is 34.2 Å². The highest BCUT2D eigenvalue weighted by Gasteiger charge is 2.09. The van der Waals surface area contributed by atoms with Gasteiger partial charge in [-0.3, -0.25) is 9.56 Å². The lowest BCUT2D eigenvalue weighted by Crippen LogP contribution is -2.42. The Labute approximate surface area is 167 Å². The van der Waals surface area contributed by atoms with Crippen molar-refractivity contribution in [3.63, 3.8) is 0 Å². The third-order valence-corrected chi connectivity index (χ3v) is 3.85. The van der Waals surface area contributed by atoms with Crippen molar-refractivity contribution < 1.29 is 0 Å². The maximum absolute atomic E-state index is 4.29. The lowest BCUT2D eigenvalue weighted by Gasteiger charge is -2.18. The van der Waals surface area contributed by atoms with E-state index in [9.17, 15) is 0 Å². The van der Waals surface area contributed by atoms with Crippen molar-refractivity contribution in [3.05, 3.63) is 42.5 Å². The van der Waals surface area contributed by atoms with Crippen LogP contribution in [0.5, 0.6) is 0 Å². The van der Waals surface area contributed by atoms with Crippen molar-refractivity contribution >= 4 is 29.9 Å². The Balaban J connectivity index is 0.00000312. The monoisotopic (exact) mass is 456 g/mol. The molecule has 0 radical (unpaired) electrons. The topological polar surface area (TPSA) is 67.1 Å². The maximum Gasteiger partial charge on any atom is 0.191 e. The fourth-order valence-electron chi connectivity index (χ4n) is 2.43. The van der Waals surface area contributed by atoms with Crippen molar-refractivity contribution in [2.24, 2.45) is 10.9 Å². The van der Waals surface area contributed by atoms with Crippen LogP contribution in [0.2, 0.25) is 0 Å². The Kier molecular flexibility index (Phi) is 9.48.